The van der Waals surface area contributed by atoms with Crippen LogP contribution in [0.15, 0.2) is 24.9 Å². The molecule has 0 fully saturated rings. The second-order valence-electron chi connectivity index (χ2n) is 3.85. The molecule has 2 nitrogen and oxygen atoms in total. The molecule has 0 radical (unpaired) electrons. The van der Waals surface area contributed by atoms with Crippen LogP contribution in [0.3, 0.4) is 0 Å². The molecule has 0 aromatic carbocycles. The van der Waals surface area contributed by atoms with Crippen LogP contribution in [0.25, 0.3) is 0 Å². The molecule has 1 N–H and O–H groups in total. The molecule has 1 unspecified atom stereocenters. The lowest BCUT2D eigenvalue weighted by Gasteiger charge is -2.17. The zero-order chi connectivity index (χ0) is 11.3. The van der Waals surface area contributed by atoms with E-state index in [1.807, 2.05) is 12.3 Å². The fraction of sp³-hybridized carbons (Fsp3) is 0.462. The number of hydrogen-bond donors (Lipinski definition) is 1. The SMILES string of the molecule is C=CCC(NCC)c1ncc(C)cc1C. The van der Waals surface area contributed by atoms with Crippen molar-refractivity contribution in [3.63, 3.8) is 0 Å². The summed E-state index contributed by atoms with van der Waals surface area (Å²) < 4.78 is 0. The van der Waals surface area contributed by atoms with Gasteiger partial charge >= 0.3 is 0 Å². The Balaban J connectivity index is 2.94. The quantitative estimate of drug-likeness (QED) is 0.746. The molecule has 1 rings (SSSR count). The van der Waals surface area contributed by atoms with Crippen LogP contribution in [-0.4, -0.2) is 11.5 Å². The first kappa shape index (κ1) is 11.9. The van der Waals surface area contributed by atoms with Gasteiger partial charge in [-0.05, 0) is 37.9 Å². The normalized spacial score (nSPS) is 12.5. The highest BCUT2D eigenvalue weighted by molar-refractivity contribution is 5.26. The minimum absolute atomic E-state index is 0.299. The first-order valence-corrected chi connectivity index (χ1v) is 5.46. The van der Waals surface area contributed by atoms with Gasteiger partial charge in [0.2, 0.25) is 0 Å². The molecule has 0 spiro atoms. The summed E-state index contributed by atoms with van der Waals surface area (Å²) in [5, 5.41) is 3.43. The third kappa shape index (κ3) is 3.17. The molecule has 2 heteroatoms. The first-order chi connectivity index (χ1) is 7.19. The Bertz CT molecular complexity index is 331. The Labute approximate surface area is 92.4 Å². The van der Waals surface area contributed by atoms with E-state index in [0.29, 0.717) is 6.04 Å². The van der Waals surface area contributed by atoms with Gasteiger partial charge in [-0.3, -0.25) is 4.98 Å². The molecule has 15 heavy (non-hydrogen) atoms. The summed E-state index contributed by atoms with van der Waals surface area (Å²) in [5.41, 5.74) is 3.61. The predicted octanol–water partition coefficient (Wildman–Crippen LogP) is 2.93. The maximum absolute atomic E-state index is 4.51. The molecule has 0 saturated heterocycles. The second-order valence-corrected chi connectivity index (χ2v) is 3.85. The molecular weight excluding hydrogens is 184 g/mol. The smallest absolute Gasteiger partial charge is 0.0605 e. The Morgan fingerprint density at radius 1 is 1.53 bits per heavy atom. The predicted molar refractivity (Wildman–Crippen MR) is 64.9 cm³/mol. The van der Waals surface area contributed by atoms with E-state index in [9.17, 15) is 0 Å². The van der Waals surface area contributed by atoms with Gasteiger partial charge in [-0.15, -0.1) is 6.58 Å². The zero-order valence-corrected chi connectivity index (χ0v) is 9.88. The summed E-state index contributed by atoms with van der Waals surface area (Å²) in [7, 11) is 0. The molecule has 1 aromatic rings. The molecule has 0 saturated carbocycles. The number of aromatic nitrogens is 1. The van der Waals surface area contributed by atoms with Crippen LogP contribution in [0.1, 0.15) is 36.2 Å². The maximum Gasteiger partial charge on any atom is 0.0605 e. The number of pyridine rings is 1. The topological polar surface area (TPSA) is 24.9 Å². The van der Waals surface area contributed by atoms with Crippen molar-refractivity contribution in [1.29, 1.82) is 0 Å². The van der Waals surface area contributed by atoms with Crippen LogP contribution >= 0.6 is 0 Å². The number of nitrogens with zero attached hydrogens (tertiary/aromatic N) is 1. The number of hydrogen-bond acceptors (Lipinski definition) is 2. The van der Waals surface area contributed by atoms with Gasteiger partial charge in [0.05, 0.1) is 11.7 Å². The molecule has 0 bridgehead atoms. The van der Waals surface area contributed by atoms with E-state index < -0.39 is 0 Å². The summed E-state index contributed by atoms with van der Waals surface area (Å²) in [4.78, 5) is 4.51. The number of rotatable bonds is 5. The zero-order valence-electron chi connectivity index (χ0n) is 9.88. The largest absolute Gasteiger partial charge is 0.309 e. The van der Waals surface area contributed by atoms with Gasteiger partial charge in [0.1, 0.15) is 0 Å². The van der Waals surface area contributed by atoms with Gasteiger partial charge in [0.15, 0.2) is 0 Å². The average molecular weight is 204 g/mol. The Morgan fingerprint density at radius 3 is 2.80 bits per heavy atom. The summed E-state index contributed by atoms with van der Waals surface area (Å²) >= 11 is 0. The van der Waals surface area contributed by atoms with Crippen molar-refractivity contribution in [2.45, 2.75) is 33.2 Å². The van der Waals surface area contributed by atoms with Crippen LogP contribution < -0.4 is 5.32 Å². The van der Waals surface area contributed by atoms with Crippen molar-refractivity contribution in [2.75, 3.05) is 6.54 Å². The van der Waals surface area contributed by atoms with Crippen molar-refractivity contribution in [3.8, 4) is 0 Å². The highest BCUT2D eigenvalue weighted by Crippen LogP contribution is 2.19. The number of nitrogens with one attached hydrogen (secondary N) is 1. The molecule has 0 aliphatic carbocycles. The average Bonchev–Trinajstić information content (AvgIpc) is 2.17. The molecule has 1 heterocycles. The van der Waals surface area contributed by atoms with E-state index in [0.717, 1.165) is 18.7 Å². The van der Waals surface area contributed by atoms with Crippen molar-refractivity contribution in [3.05, 3.63) is 41.7 Å². The summed E-state index contributed by atoms with van der Waals surface area (Å²) in [5.74, 6) is 0. The van der Waals surface area contributed by atoms with Gasteiger partial charge in [-0.1, -0.05) is 19.1 Å². The third-order valence-corrected chi connectivity index (χ3v) is 2.44. The van der Waals surface area contributed by atoms with Crippen LogP contribution in [-0.2, 0) is 0 Å². The molecular formula is C13H20N2. The molecule has 0 amide bonds. The molecule has 0 aliphatic heterocycles. The van der Waals surface area contributed by atoms with Crippen molar-refractivity contribution in [2.24, 2.45) is 0 Å². The van der Waals surface area contributed by atoms with E-state index in [-0.39, 0.29) is 0 Å². The van der Waals surface area contributed by atoms with Gasteiger partial charge in [0.25, 0.3) is 0 Å². The first-order valence-electron chi connectivity index (χ1n) is 5.46. The Kier molecular flexibility index (Phi) is 4.50. The van der Waals surface area contributed by atoms with Gasteiger partial charge in [-0.25, -0.2) is 0 Å². The van der Waals surface area contributed by atoms with Crippen LogP contribution in [0.2, 0.25) is 0 Å². The van der Waals surface area contributed by atoms with E-state index >= 15 is 0 Å². The monoisotopic (exact) mass is 204 g/mol. The lowest BCUT2D eigenvalue weighted by molar-refractivity contribution is 0.542. The third-order valence-electron chi connectivity index (χ3n) is 2.44. The molecule has 1 atom stereocenters. The Morgan fingerprint density at radius 2 is 2.27 bits per heavy atom. The fourth-order valence-electron chi connectivity index (χ4n) is 1.80. The van der Waals surface area contributed by atoms with Gasteiger partial charge in [-0.2, -0.15) is 0 Å². The van der Waals surface area contributed by atoms with Crippen LogP contribution in [0.4, 0.5) is 0 Å². The van der Waals surface area contributed by atoms with Crippen LogP contribution in [0, 0.1) is 13.8 Å². The second kappa shape index (κ2) is 5.66. The number of aryl methyl sites for hydroxylation is 2. The lowest BCUT2D eigenvalue weighted by Crippen LogP contribution is -2.22. The van der Waals surface area contributed by atoms with Crippen molar-refractivity contribution >= 4 is 0 Å². The molecule has 0 aliphatic rings. The van der Waals surface area contributed by atoms with Gasteiger partial charge < -0.3 is 5.32 Å². The highest BCUT2D eigenvalue weighted by Gasteiger charge is 2.12. The summed E-state index contributed by atoms with van der Waals surface area (Å²) in [6.45, 7) is 11.0. The van der Waals surface area contributed by atoms with E-state index in [2.05, 4.69) is 43.7 Å². The highest BCUT2D eigenvalue weighted by atomic mass is 14.9. The minimum Gasteiger partial charge on any atom is -0.309 e. The minimum atomic E-state index is 0.299. The molecule has 82 valence electrons. The van der Waals surface area contributed by atoms with Crippen LogP contribution in [0.5, 0.6) is 0 Å². The standard InChI is InChI=1S/C13H20N2/c1-5-7-12(14-6-2)13-11(4)8-10(3)9-15-13/h5,8-9,12,14H,1,6-7H2,2-4H3. The summed E-state index contributed by atoms with van der Waals surface area (Å²) in [6.07, 6.45) is 4.79. The van der Waals surface area contributed by atoms with E-state index in [4.69, 9.17) is 0 Å². The fourth-order valence-corrected chi connectivity index (χ4v) is 1.80. The lowest BCUT2D eigenvalue weighted by atomic mass is 10.0. The van der Waals surface area contributed by atoms with Gasteiger partial charge in [0, 0.05) is 6.20 Å². The van der Waals surface area contributed by atoms with Crippen molar-refractivity contribution in [1.82, 2.24) is 10.3 Å². The summed E-state index contributed by atoms with van der Waals surface area (Å²) in [6, 6.07) is 2.48. The molecule has 1 aromatic heterocycles. The van der Waals surface area contributed by atoms with E-state index in [1.54, 1.807) is 0 Å². The van der Waals surface area contributed by atoms with E-state index in [1.165, 1.54) is 11.1 Å². The Hall–Kier alpha value is -1.15. The van der Waals surface area contributed by atoms with Crippen molar-refractivity contribution < 1.29 is 0 Å². The maximum atomic E-state index is 4.51.